The molecule has 0 bridgehead atoms. The zero-order chi connectivity index (χ0) is 25.4. The summed E-state index contributed by atoms with van der Waals surface area (Å²) >= 11 is 0. The van der Waals surface area contributed by atoms with Crippen LogP contribution in [0.15, 0.2) is 53.4 Å². The number of fused-ring (bicyclic) bond motifs is 1. The standard InChI is InChI=1S/C24H23F4N3O3S/c1-35(33,34)18-8-5-14(6-9-18)23(32)30-17-4-2-3-16(12-17)29-21-13-22(24(26,27)28)31-20-10-7-15(25)11-19(20)21/h5-11,13,16-17H,2-4,12H2,1H3,(H,29,31)(H,30,32)/t16-,17+/m0/s1. The van der Waals surface area contributed by atoms with Crippen LogP contribution >= 0.6 is 0 Å². The summed E-state index contributed by atoms with van der Waals surface area (Å²) < 4.78 is 77.1. The molecule has 0 spiro atoms. The van der Waals surface area contributed by atoms with Crippen molar-refractivity contribution in [2.45, 2.75) is 48.8 Å². The highest BCUT2D eigenvalue weighted by Crippen LogP contribution is 2.34. The first-order valence-corrected chi connectivity index (χ1v) is 12.8. The Bertz CT molecular complexity index is 1360. The number of hydrogen-bond donors (Lipinski definition) is 2. The number of amides is 1. The van der Waals surface area contributed by atoms with Crippen molar-refractivity contribution in [3.63, 3.8) is 0 Å². The Morgan fingerprint density at radius 2 is 1.71 bits per heavy atom. The van der Waals surface area contributed by atoms with E-state index in [1.54, 1.807) is 0 Å². The fraction of sp³-hybridized carbons (Fsp3) is 0.333. The molecule has 11 heteroatoms. The number of nitrogens with zero attached hydrogens (tertiary/aromatic N) is 1. The molecule has 0 radical (unpaired) electrons. The molecule has 6 nitrogen and oxygen atoms in total. The summed E-state index contributed by atoms with van der Waals surface area (Å²) in [5.41, 5.74) is -0.604. The second kappa shape index (κ2) is 9.44. The molecule has 186 valence electrons. The predicted molar refractivity (Wildman–Crippen MR) is 123 cm³/mol. The van der Waals surface area contributed by atoms with Crippen molar-refractivity contribution in [1.82, 2.24) is 10.3 Å². The molecular formula is C24H23F4N3O3S. The summed E-state index contributed by atoms with van der Waals surface area (Å²) in [6, 6.07) is 9.40. The summed E-state index contributed by atoms with van der Waals surface area (Å²) in [4.78, 5) is 16.4. The van der Waals surface area contributed by atoms with E-state index in [4.69, 9.17) is 0 Å². The summed E-state index contributed by atoms with van der Waals surface area (Å²) in [7, 11) is -3.38. The van der Waals surface area contributed by atoms with Gasteiger partial charge in [-0.1, -0.05) is 0 Å². The van der Waals surface area contributed by atoms with Crippen molar-refractivity contribution in [2.75, 3.05) is 11.6 Å². The lowest BCUT2D eigenvalue weighted by Gasteiger charge is -2.31. The van der Waals surface area contributed by atoms with E-state index in [1.807, 2.05) is 0 Å². The Labute approximate surface area is 199 Å². The van der Waals surface area contributed by atoms with Gasteiger partial charge in [-0.25, -0.2) is 17.8 Å². The van der Waals surface area contributed by atoms with Gasteiger partial charge in [0.15, 0.2) is 9.84 Å². The first-order chi connectivity index (χ1) is 16.4. The molecule has 1 aromatic heterocycles. The molecule has 1 heterocycles. The Hall–Kier alpha value is -3.21. The SMILES string of the molecule is CS(=O)(=O)c1ccc(C(=O)N[C@@H]2CCC[C@H](Nc3cc(C(F)(F)F)nc4ccc(F)cc34)C2)cc1. The molecule has 2 aromatic carbocycles. The van der Waals surface area contributed by atoms with E-state index in [2.05, 4.69) is 15.6 Å². The fourth-order valence-corrected chi connectivity index (χ4v) is 4.89. The number of carbonyl (C=O) groups is 1. The number of halogens is 4. The molecule has 1 fully saturated rings. The quantitative estimate of drug-likeness (QED) is 0.476. The van der Waals surface area contributed by atoms with Gasteiger partial charge in [0.25, 0.3) is 5.91 Å². The average molecular weight is 510 g/mol. The fourth-order valence-electron chi connectivity index (χ4n) is 4.26. The second-order valence-electron chi connectivity index (χ2n) is 8.69. The summed E-state index contributed by atoms with van der Waals surface area (Å²) in [6.45, 7) is 0. The van der Waals surface area contributed by atoms with Gasteiger partial charge in [0.1, 0.15) is 11.5 Å². The highest BCUT2D eigenvalue weighted by Gasteiger charge is 2.34. The largest absolute Gasteiger partial charge is 0.433 e. The summed E-state index contributed by atoms with van der Waals surface area (Å²) in [6.07, 6.45) is -1.06. The van der Waals surface area contributed by atoms with Crippen molar-refractivity contribution in [2.24, 2.45) is 0 Å². The number of benzene rings is 2. The molecule has 1 saturated carbocycles. The minimum absolute atomic E-state index is 0.0296. The first kappa shape index (κ1) is 24.9. The number of alkyl halides is 3. The topological polar surface area (TPSA) is 88.2 Å². The lowest BCUT2D eigenvalue weighted by atomic mass is 9.90. The van der Waals surface area contributed by atoms with Crippen molar-refractivity contribution >= 4 is 32.3 Å². The maximum Gasteiger partial charge on any atom is 0.433 e. The van der Waals surface area contributed by atoms with Crippen LogP contribution in [-0.2, 0) is 16.0 Å². The molecule has 2 N–H and O–H groups in total. The number of hydrogen-bond acceptors (Lipinski definition) is 5. The molecule has 1 aliphatic carbocycles. The molecule has 0 unspecified atom stereocenters. The minimum Gasteiger partial charge on any atom is -0.382 e. The zero-order valence-electron chi connectivity index (χ0n) is 18.7. The van der Waals surface area contributed by atoms with Gasteiger partial charge in [0.2, 0.25) is 0 Å². The maximum atomic E-state index is 13.8. The van der Waals surface area contributed by atoms with Crippen molar-refractivity contribution in [3.8, 4) is 0 Å². The van der Waals surface area contributed by atoms with Crippen LogP contribution in [0.25, 0.3) is 10.9 Å². The molecule has 0 saturated heterocycles. The van der Waals surface area contributed by atoms with Gasteiger partial charge in [-0.15, -0.1) is 0 Å². The maximum absolute atomic E-state index is 13.8. The van der Waals surface area contributed by atoms with Crippen LogP contribution in [-0.4, -0.2) is 37.6 Å². The van der Waals surface area contributed by atoms with Gasteiger partial charge in [-0.3, -0.25) is 4.79 Å². The highest BCUT2D eigenvalue weighted by atomic mass is 32.2. The smallest absolute Gasteiger partial charge is 0.382 e. The Balaban J connectivity index is 1.50. The van der Waals surface area contributed by atoms with Gasteiger partial charge >= 0.3 is 6.18 Å². The van der Waals surface area contributed by atoms with Gasteiger partial charge in [0, 0.05) is 35.0 Å². The van der Waals surface area contributed by atoms with Crippen LogP contribution in [0.3, 0.4) is 0 Å². The van der Waals surface area contributed by atoms with Crippen LogP contribution in [0.1, 0.15) is 41.7 Å². The highest BCUT2D eigenvalue weighted by molar-refractivity contribution is 7.90. The summed E-state index contributed by atoms with van der Waals surface area (Å²) in [5.74, 6) is -0.954. The average Bonchev–Trinajstić information content (AvgIpc) is 2.78. The van der Waals surface area contributed by atoms with Crippen LogP contribution in [0.5, 0.6) is 0 Å². The van der Waals surface area contributed by atoms with E-state index in [0.29, 0.717) is 24.8 Å². The van der Waals surface area contributed by atoms with E-state index in [0.717, 1.165) is 30.9 Å². The lowest BCUT2D eigenvalue weighted by molar-refractivity contribution is -0.140. The number of carbonyl (C=O) groups excluding carboxylic acids is 1. The zero-order valence-corrected chi connectivity index (χ0v) is 19.5. The van der Waals surface area contributed by atoms with E-state index in [9.17, 15) is 30.8 Å². The van der Waals surface area contributed by atoms with Gasteiger partial charge in [-0.05, 0) is 74.2 Å². The van der Waals surface area contributed by atoms with E-state index in [1.165, 1.54) is 30.3 Å². The molecule has 2 atom stereocenters. The Morgan fingerprint density at radius 1 is 1.03 bits per heavy atom. The lowest BCUT2D eigenvalue weighted by Crippen LogP contribution is -2.41. The molecular weight excluding hydrogens is 486 g/mol. The monoisotopic (exact) mass is 509 g/mol. The molecule has 3 aromatic rings. The first-order valence-electron chi connectivity index (χ1n) is 11.0. The van der Waals surface area contributed by atoms with Gasteiger partial charge in [0.05, 0.1) is 10.4 Å². The van der Waals surface area contributed by atoms with Crippen LogP contribution in [0, 0.1) is 5.82 Å². The molecule has 1 amide bonds. The van der Waals surface area contributed by atoms with Crippen LogP contribution in [0.4, 0.5) is 23.2 Å². The van der Waals surface area contributed by atoms with Crippen molar-refractivity contribution in [1.29, 1.82) is 0 Å². The van der Waals surface area contributed by atoms with Crippen molar-refractivity contribution < 1.29 is 30.8 Å². The number of nitrogens with one attached hydrogen (secondary N) is 2. The van der Waals surface area contributed by atoms with Crippen LogP contribution < -0.4 is 10.6 Å². The number of sulfone groups is 1. The third kappa shape index (κ3) is 5.90. The molecule has 0 aliphatic heterocycles. The van der Waals surface area contributed by atoms with E-state index < -0.39 is 27.5 Å². The molecule has 4 rings (SSSR count). The van der Waals surface area contributed by atoms with E-state index in [-0.39, 0.29) is 39.5 Å². The second-order valence-corrected chi connectivity index (χ2v) is 10.7. The Kier molecular flexibility index (Phi) is 6.72. The van der Waals surface area contributed by atoms with Crippen molar-refractivity contribution in [3.05, 3.63) is 65.6 Å². The third-order valence-electron chi connectivity index (χ3n) is 5.97. The number of pyridine rings is 1. The van der Waals surface area contributed by atoms with Gasteiger partial charge < -0.3 is 10.6 Å². The van der Waals surface area contributed by atoms with Crippen LogP contribution in [0.2, 0.25) is 0 Å². The number of anilines is 1. The molecule has 1 aliphatic rings. The number of aromatic nitrogens is 1. The van der Waals surface area contributed by atoms with E-state index >= 15 is 0 Å². The normalized spacial score (nSPS) is 18.9. The third-order valence-corrected chi connectivity index (χ3v) is 7.10. The minimum atomic E-state index is -4.66. The number of rotatable bonds is 5. The molecule has 35 heavy (non-hydrogen) atoms. The Morgan fingerprint density at radius 3 is 2.37 bits per heavy atom. The van der Waals surface area contributed by atoms with Gasteiger partial charge in [-0.2, -0.15) is 13.2 Å². The predicted octanol–water partition coefficient (Wildman–Crippen LogP) is 4.95. The summed E-state index contributed by atoms with van der Waals surface area (Å²) in [5, 5.41) is 6.26.